The van der Waals surface area contributed by atoms with E-state index in [1.54, 1.807) is 6.26 Å². The number of unbranched alkanes of at least 4 members (excludes halogenated alkanes) is 1. The van der Waals surface area contributed by atoms with Crippen molar-refractivity contribution in [3.05, 3.63) is 0 Å². The van der Waals surface area contributed by atoms with Crippen LogP contribution in [0.5, 0.6) is 0 Å². The smallest absolute Gasteiger partial charge is 0.320 e. The molecule has 1 unspecified atom stereocenters. The van der Waals surface area contributed by atoms with Gasteiger partial charge in [0.1, 0.15) is 12.1 Å². The standard InChI is InChI=1S/C11H23N3O4S/c1-19-9(6-7(13)10(15)16)14-8(11(17)18)4-2-3-5-12/h7-9,14H,2-6,12-13H2,1H3,(H,15,16)(H,17,18)/t7-,8-,9?/m0/s1. The summed E-state index contributed by atoms with van der Waals surface area (Å²) >= 11 is 1.36. The van der Waals surface area contributed by atoms with Crippen molar-refractivity contribution in [2.75, 3.05) is 12.8 Å². The maximum Gasteiger partial charge on any atom is 0.320 e. The van der Waals surface area contributed by atoms with E-state index in [9.17, 15) is 9.59 Å². The Labute approximate surface area is 117 Å². The van der Waals surface area contributed by atoms with Gasteiger partial charge in [0.05, 0.1) is 5.37 Å². The summed E-state index contributed by atoms with van der Waals surface area (Å²) in [6, 6.07) is -1.70. The highest BCUT2D eigenvalue weighted by atomic mass is 32.2. The Balaban J connectivity index is 4.35. The molecule has 0 heterocycles. The van der Waals surface area contributed by atoms with Gasteiger partial charge in [-0.15, -0.1) is 11.8 Å². The molecule has 19 heavy (non-hydrogen) atoms. The van der Waals surface area contributed by atoms with Crippen LogP contribution < -0.4 is 16.8 Å². The first kappa shape index (κ1) is 18.2. The maximum atomic E-state index is 11.1. The second-order valence-electron chi connectivity index (χ2n) is 4.25. The van der Waals surface area contributed by atoms with Crippen molar-refractivity contribution in [1.29, 1.82) is 0 Å². The number of hydrogen-bond acceptors (Lipinski definition) is 6. The summed E-state index contributed by atoms with van der Waals surface area (Å²) in [7, 11) is 0. The van der Waals surface area contributed by atoms with Gasteiger partial charge in [-0.3, -0.25) is 14.9 Å². The molecule has 0 aliphatic heterocycles. The Morgan fingerprint density at radius 2 is 1.89 bits per heavy atom. The number of thioether (sulfide) groups is 1. The van der Waals surface area contributed by atoms with Crippen molar-refractivity contribution in [3.63, 3.8) is 0 Å². The Bertz CT molecular complexity index is 291. The molecule has 0 aliphatic carbocycles. The molecule has 7 N–H and O–H groups in total. The Kier molecular flexibility index (Phi) is 9.58. The fraction of sp³-hybridized carbons (Fsp3) is 0.818. The van der Waals surface area contributed by atoms with Crippen molar-refractivity contribution in [2.45, 2.75) is 43.1 Å². The van der Waals surface area contributed by atoms with Crippen LogP contribution in [0.2, 0.25) is 0 Å². The zero-order valence-electron chi connectivity index (χ0n) is 11.0. The fourth-order valence-electron chi connectivity index (χ4n) is 1.56. The number of carboxylic acids is 2. The molecule has 0 radical (unpaired) electrons. The lowest BCUT2D eigenvalue weighted by atomic mass is 10.1. The van der Waals surface area contributed by atoms with Crippen molar-refractivity contribution < 1.29 is 19.8 Å². The largest absolute Gasteiger partial charge is 0.480 e. The predicted octanol–water partition coefficient (Wildman–Crippen LogP) is -0.351. The second kappa shape index (κ2) is 10.0. The van der Waals surface area contributed by atoms with E-state index in [0.717, 1.165) is 6.42 Å². The summed E-state index contributed by atoms with van der Waals surface area (Å²) in [6.07, 6.45) is 3.91. The lowest BCUT2D eigenvalue weighted by Gasteiger charge is -2.23. The zero-order valence-corrected chi connectivity index (χ0v) is 11.9. The minimum Gasteiger partial charge on any atom is -0.480 e. The highest BCUT2D eigenvalue weighted by molar-refractivity contribution is 7.99. The predicted molar refractivity (Wildman–Crippen MR) is 75.0 cm³/mol. The van der Waals surface area contributed by atoms with Gasteiger partial charge in [-0.05, 0) is 32.1 Å². The van der Waals surface area contributed by atoms with Crippen molar-refractivity contribution >= 4 is 23.7 Å². The first-order valence-corrected chi connectivity index (χ1v) is 7.41. The molecule has 0 fully saturated rings. The summed E-state index contributed by atoms with van der Waals surface area (Å²) in [6.45, 7) is 0.530. The number of aliphatic carboxylic acids is 2. The Morgan fingerprint density at radius 1 is 1.26 bits per heavy atom. The van der Waals surface area contributed by atoms with Crippen LogP contribution in [-0.4, -0.2) is 52.4 Å². The molecule has 8 heteroatoms. The summed E-state index contributed by atoms with van der Waals surface area (Å²) in [5, 5.41) is 20.5. The molecule has 3 atom stereocenters. The zero-order chi connectivity index (χ0) is 14.8. The molecule has 0 saturated carbocycles. The van der Waals surface area contributed by atoms with Crippen LogP contribution in [0.1, 0.15) is 25.7 Å². The summed E-state index contributed by atoms with van der Waals surface area (Å²) in [4.78, 5) is 21.8. The van der Waals surface area contributed by atoms with E-state index in [1.165, 1.54) is 11.8 Å². The molecule has 0 aromatic carbocycles. The molecule has 0 aliphatic rings. The normalized spacial score (nSPS) is 15.7. The van der Waals surface area contributed by atoms with Crippen molar-refractivity contribution in [1.82, 2.24) is 5.32 Å². The Hall–Kier alpha value is -0.830. The van der Waals surface area contributed by atoms with Gasteiger partial charge in [-0.1, -0.05) is 6.42 Å². The fourth-order valence-corrected chi connectivity index (χ4v) is 2.26. The second-order valence-corrected chi connectivity index (χ2v) is 5.29. The van der Waals surface area contributed by atoms with Gasteiger partial charge in [0.2, 0.25) is 0 Å². The summed E-state index contributed by atoms with van der Waals surface area (Å²) in [5.41, 5.74) is 10.8. The molecule has 0 saturated heterocycles. The number of nitrogens with two attached hydrogens (primary N) is 2. The molecule has 112 valence electrons. The van der Waals surface area contributed by atoms with Crippen molar-refractivity contribution in [2.24, 2.45) is 11.5 Å². The number of carboxylic acid groups (broad SMARTS) is 2. The topological polar surface area (TPSA) is 139 Å². The number of carbonyl (C=O) groups is 2. The van der Waals surface area contributed by atoms with E-state index in [1.807, 2.05) is 0 Å². The van der Waals surface area contributed by atoms with E-state index in [4.69, 9.17) is 21.7 Å². The van der Waals surface area contributed by atoms with Crippen LogP contribution in [0, 0.1) is 0 Å². The minimum absolute atomic E-state index is 0.178. The SMILES string of the molecule is CSC(C[C@H](N)C(=O)O)N[C@@H](CCCCN)C(=O)O. The maximum absolute atomic E-state index is 11.1. The van der Waals surface area contributed by atoms with Gasteiger partial charge in [-0.2, -0.15) is 0 Å². The molecule has 7 nitrogen and oxygen atoms in total. The molecule has 0 spiro atoms. The Morgan fingerprint density at radius 3 is 2.32 bits per heavy atom. The van der Waals surface area contributed by atoms with Gasteiger partial charge in [0.15, 0.2) is 0 Å². The van der Waals surface area contributed by atoms with Crippen LogP contribution in [0.15, 0.2) is 0 Å². The van der Waals surface area contributed by atoms with Crippen LogP contribution in [0.3, 0.4) is 0 Å². The third-order valence-corrected chi connectivity index (χ3v) is 3.60. The average molecular weight is 293 g/mol. The van der Waals surface area contributed by atoms with Crippen molar-refractivity contribution in [3.8, 4) is 0 Å². The summed E-state index contributed by atoms with van der Waals surface area (Å²) < 4.78 is 0. The number of hydrogen-bond donors (Lipinski definition) is 5. The lowest BCUT2D eigenvalue weighted by molar-refractivity contribution is -0.139. The van der Waals surface area contributed by atoms with E-state index in [-0.39, 0.29) is 11.8 Å². The monoisotopic (exact) mass is 293 g/mol. The van der Waals surface area contributed by atoms with Gasteiger partial charge >= 0.3 is 11.9 Å². The van der Waals surface area contributed by atoms with Crippen LogP contribution >= 0.6 is 11.8 Å². The van der Waals surface area contributed by atoms with Gasteiger partial charge in [0, 0.05) is 0 Å². The molecule has 0 rings (SSSR count). The van der Waals surface area contributed by atoms with E-state index in [2.05, 4.69) is 5.32 Å². The highest BCUT2D eigenvalue weighted by Gasteiger charge is 2.24. The van der Waals surface area contributed by atoms with Gasteiger partial charge < -0.3 is 21.7 Å². The minimum atomic E-state index is -1.09. The van der Waals surface area contributed by atoms with E-state index >= 15 is 0 Å². The van der Waals surface area contributed by atoms with Crippen LogP contribution in [0.25, 0.3) is 0 Å². The number of rotatable bonds is 11. The number of nitrogens with one attached hydrogen (secondary N) is 1. The first-order valence-electron chi connectivity index (χ1n) is 6.12. The van der Waals surface area contributed by atoms with E-state index in [0.29, 0.717) is 19.4 Å². The molecule has 0 amide bonds. The molecule has 0 bridgehead atoms. The average Bonchev–Trinajstić information content (AvgIpc) is 2.35. The molecule has 0 aromatic rings. The summed E-state index contributed by atoms with van der Waals surface area (Å²) in [5.74, 6) is -2.03. The molecule has 0 aromatic heterocycles. The third-order valence-electron chi connectivity index (χ3n) is 2.70. The third kappa shape index (κ3) is 8.04. The quantitative estimate of drug-likeness (QED) is 0.257. The van der Waals surface area contributed by atoms with Gasteiger partial charge in [0.25, 0.3) is 0 Å². The molecular formula is C11H23N3O4S. The van der Waals surface area contributed by atoms with Gasteiger partial charge in [-0.25, -0.2) is 0 Å². The van der Waals surface area contributed by atoms with Crippen LogP contribution in [0.4, 0.5) is 0 Å². The highest BCUT2D eigenvalue weighted by Crippen LogP contribution is 2.13. The molecular weight excluding hydrogens is 270 g/mol. The lowest BCUT2D eigenvalue weighted by Crippen LogP contribution is -2.45. The van der Waals surface area contributed by atoms with Crippen LogP contribution in [-0.2, 0) is 9.59 Å². The first-order chi connectivity index (χ1) is 8.92. The van der Waals surface area contributed by atoms with E-state index < -0.39 is 24.0 Å².